The lowest BCUT2D eigenvalue weighted by Crippen LogP contribution is -2.40. The zero-order valence-corrected chi connectivity index (χ0v) is 14.3. The number of piperidine rings is 1. The van der Waals surface area contributed by atoms with E-state index in [9.17, 15) is 5.11 Å². The fourth-order valence-electron chi connectivity index (χ4n) is 4.03. The smallest absolute Gasteiger partial charge is 0.0900 e. The van der Waals surface area contributed by atoms with E-state index in [1.165, 1.54) is 38.5 Å². The molecule has 1 heterocycles. The molecule has 124 valence electrons. The molecule has 1 saturated heterocycles. The van der Waals surface area contributed by atoms with Gasteiger partial charge < -0.3 is 14.7 Å². The summed E-state index contributed by atoms with van der Waals surface area (Å²) < 4.78 is 6.15. The lowest BCUT2D eigenvalue weighted by atomic mass is 9.75. The van der Waals surface area contributed by atoms with Crippen LogP contribution in [0.4, 0.5) is 0 Å². The van der Waals surface area contributed by atoms with Crippen molar-refractivity contribution in [2.75, 3.05) is 26.2 Å². The highest BCUT2D eigenvalue weighted by Gasteiger charge is 2.31. The largest absolute Gasteiger partial charge is 0.389 e. The van der Waals surface area contributed by atoms with Crippen LogP contribution in [0.5, 0.6) is 0 Å². The van der Waals surface area contributed by atoms with Crippen LogP contribution in [0.3, 0.4) is 0 Å². The molecule has 3 nitrogen and oxygen atoms in total. The average Bonchev–Trinajstić information content (AvgIpc) is 2.46. The molecular formula is C18H35NO2. The van der Waals surface area contributed by atoms with Gasteiger partial charge >= 0.3 is 0 Å². The number of aliphatic hydroxyl groups excluding tert-OH is 1. The zero-order chi connectivity index (χ0) is 15.2. The van der Waals surface area contributed by atoms with Crippen molar-refractivity contribution in [3.05, 3.63) is 0 Å². The van der Waals surface area contributed by atoms with Crippen molar-refractivity contribution < 1.29 is 9.84 Å². The average molecular weight is 297 g/mol. The van der Waals surface area contributed by atoms with E-state index in [0.29, 0.717) is 24.5 Å². The maximum Gasteiger partial charge on any atom is 0.0900 e. The molecule has 0 bridgehead atoms. The van der Waals surface area contributed by atoms with Crippen LogP contribution in [0.1, 0.15) is 59.3 Å². The first-order valence-corrected chi connectivity index (χ1v) is 9.08. The minimum atomic E-state index is -0.326. The van der Waals surface area contributed by atoms with Crippen molar-refractivity contribution in [3.8, 4) is 0 Å². The number of likely N-dealkylation sites (tertiary alicyclic amines) is 1. The third kappa shape index (κ3) is 5.54. The van der Waals surface area contributed by atoms with E-state index >= 15 is 0 Å². The molecule has 0 spiro atoms. The van der Waals surface area contributed by atoms with Crippen LogP contribution in [0.2, 0.25) is 0 Å². The quantitative estimate of drug-likeness (QED) is 0.816. The summed E-state index contributed by atoms with van der Waals surface area (Å²) in [7, 11) is 0. The van der Waals surface area contributed by atoms with Gasteiger partial charge in [-0.05, 0) is 56.5 Å². The third-order valence-electron chi connectivity index (χ3n) is 5.38. The minimum Gasteiger partial charge on any atom is -0.389 e. The molecule has 4 atom stereocenters. The first-order valence-electron chi connectivity index (χ1n) is 9.08. The Morgan fingerprint density at radius 2 is 1.86 bits per heavy atom. The number of hydrogen-bond acceptors (Lipinski definition) is 3. The minimum absolute atomic E-state index is 0.326. The van der Waals surface area contributed by atoms with Gasteiger partial charge in [0.15, 0.2) is 0 Å². The molecule has 0 aromatic heterocycles. The first-order chi connectivity index (χ1) is 10.1. The van der Waals surface area contributed by atoms with Crippen LogP contribution in [-0.2, 0) is 4.74 Å². The summed E-state index contributed by atoms with van der Waals surface area (Å²) >= 11 is 0. The molecule has 3 heteroatoms. The summed E-state index contributed by atoms with van der Waals surface area (Å²) in [6, 6.07) is 0. The van der Waals surface area contributed by atoms with E-state index in [1.807, 2.05) is 0 Å². The van der Waals surface area contributed by atoms with E-state index in [1.54, 1.807) is 0 Å². The Hall–Kier alpha value is -0.120. The fourth-order valence-corrected chi connectivity index (χ4v) is 4.03. The molecule has 2 rings (SSSR count). The second kappa shape index (κ2) is 8.50. The number of nitrogens with zero attached hydrogens (tertiary/aromatic N) is 1. The number of rotatable bonds is 6. The molecule has 0 aromatic rings. The Kier molecular flexibility index (Phi) is 6.97. The van der Waals surface area contributed by atoms with Gasteiger partial charge in [0.05, 0.1) is 18.8 Å². The SMILES string of the molecule is CC(C)[C@@H]1CC[C@@H](C)C[C@H]1OC[C@@H](O)CN1CCCCC1. The molecule has 0 radical (unpaired) electrons. The van der Waals surface area contributed by atoms with Gasteiger partial charge in [0.1, 0.15) is 0 Å². The van der Waals surface area contributed by atoms with Crippen molar-refractivity contribution in [1.82, 2.24) is 4.90 Å². The maximum atomic E-state index is 10.3. The summed E-state index contributed by atoms with van der Waals surface area (Å²) in [6.07, 6.45) is 7.72. The number of hydrogen-bond donors (Lipinski definition) is 1. The zero-order valence-electron chi connectivity index (χ0n) is 14.3. The Morgan fingerprint density at radius 1 is 1.14 bits per heavy atom. The van der Waals surface area contributed by atoms with Crippen LogP contribution in [0, 0.1) is 17.8 Å². The lowest BCUT2D eigenvalue weighted by Gasteiger charge is -2.38. The number of β-amino-alcohol motifs (C(OH)–C–C–N with tert-alkyl or cyclic N) is 1. The van der Waals surface area contributed by atoms with E-state index < -0.39 is 0 Å². The summed E-state index contributed by atoms with van der Waals surface area (Å²) in [5.41, 5.74) is 0. The lowest BCUT2D eigenvalue weighted by molar-refractivity contribution is -0.0744. The Bertz CT molecular complexity index is 289. The van der Waals surface area contributed by atoms with Gasteiger partial charge in [0.2, 0.25) is 0 Å². The van der Waals surface area contributed by atoms with Gasteiger partial charge in [0, 0.05) is 6.54 Å². The molecule has 2 fully saturated rings. The van der Waals surface area contributed by atoms with Gasteiger partial charge in [-0.3, -0.25) is 0 Å². The number of aliphatic hydroxyl groups is 1. The van der Waals surface area contributed by atoms with Gasteiger partial charge in [-0.25, -0.2) is 0 Å². The third-order valence-corrected chi connectivity index (χ3v) is 5.38. The van der Waals surface area contributed by atoms with Crippen LogP contribution in [-0.4, -0.2) is 48.5 Å². The van der Waals surface area contributed by atoms with Crippen molar-refractivity contribution in [1.29, 1.82) is 0 Å². The molecular weight excluding hydrogens is 262 g/mol. The molecule has 1 saturated carbocycles. The second-order valence-electron chi connectivity index (χ2n) is 7.71. The van der Waals surface area contributed by atoms with Crippen LogP contribution >= 0.6 is 0 Å². The van der Waals surface area contributed by atoms with E-state index in [-0.39, 0.29) is 6.10 Å². The predicted octanol–water partition coefficient (Wildman–Crippen LogP) is 3.31. The molecule has 1 aliphatic carbocycles. The predicted molar refractivity (Wildman–Crippen MR) is 87.4 cm³/mol. The summed E-state index contributed by atoms with van der Waals surface area (Å²) in [5.74, 6) is 2.12. The standard InChI is InChI=1S/C18H35NO2/c1-14(2)17-8-7-15(3)11-18(17)21-13-16(20)12-19-9-5-4-6-10-19/h14-18,20H,4-13H2,1-3H3/t15-,16+,17+,18-/m1/s1. The Labute approximate surface area is 131 Å². The highest BCUT2D eigenvalue weighted by atomic mass is 16.5. The van der Waals surface area contributed by atoms with Gasteiger partial charge in [-0.15, -0.1) is 0 Å². The summed E-state index contributed by atoms with van der Waals surface area (Å²) in [4.78, 5) is 2.39. The Balaban J connectivity index is 1.73. The fraction of sp³-hybridized carbons (Fsp3) is 1.00. The summed E-state index contributed by atoms with van der Waals surface area (Å²) in [5, 5.41) is 10.3. The molecule has 0 aromatic carbocycles. The second-order valence-corrected chi connectivity index (χ2v) is 7.71. The highest BCUT2D eigenvalue weighted by Crippen LogP contribution is 2.35. The number of ether oxygens (including phenoxy) is 1. The van der Waals surface area contributed by atoms with Crippen LogP contribution < -0.4 is 0 Å². The van der Waals surface area contributed by atoms with Crippen LogP contribution in [0.15, 0.2) is 0 Å². The molecule has 2 aliphatic rings. The van der Waals surface area contributed by atoms with Crippen LogP contribution in [0.25, 0.3) is 0 Å². The molecule has 1 aliphatic heterocycles. The molecule has 1 N–H and O–H groups in total. The topological polar surface area (TPSA) is 32.7 Å². The normalized spacial score (nSPS) is 33.3. The molecule has 0 amide bonds. The van der Waals surface area contributed by atoms with Crippen molar-refractivity contribution in [2.24, 2.45) is 17.8 Å². The molecule has 0 unspecified atom stereocenters. The van der Waals surface area contributed by atoms with E-state index in [4.69, 9.17) is 4.74 Å². The molecule has 21 heavy (non-hydrogen) atoms. The van der Waals surface area contributed by atoms with E-state index in [0.717, 1.165) is 25.6 Å². The van der Waals surface area contributed by atoms with Gasteiger partial charge in [-0.1, -0.05) is 33.6 Å². The maximum absolute atomic E-state index is 10.3. The highest BCUT2D eigenvalue weighted by molar-refractivity contribution is 4.82. The van der Waals surface area contributed by atoms with Gasteiger partial charge in [0.25, 0.3) is 0 Å². The Morgan fingerprint density at radius 3 is 2.52 bits per heavy atom. The van der Waals surface area contributed by atoms with Crippen molar-refractivity contribution in [3.63, 3.8) is 0 Å². The van der Waals surface area contributed by atoms with Crippen molar-refractivity contribution >= 4 is 0 Å². The van der Waals surface area contributed by atoms with Crippen molar-refractivity contribution in [2.45, 2.75) is 71.5 Å². The first kappa shape index (κ1) is 17.2. The monoisotopic (exact) mass is 297 g/mol. The summed E-state index contributed by atoms with van der Waals surface area (Å²) in [6.45, 7) is 10.5. The van der Waals surface area contributed by atoms with E-state index in [2.05, 4.69) is 25.7 Å². The van der Waals surface area contributed by atoms with Gasteiger partial charge in [-0.2, -0.15) is 0 Å².